The molecule has 1 saturated carbocycles. The number of aromatic nitrogens is 1. The summed E-state index contributed by atoms with van der Waals surface area (Å²) in [5.41, 5.74) is 0.908. The first kappa shape index (κ1) is 12.2. The average Bonchev–Trinajstić information content (AvgIpc) is 3.08. The van der Waals surface area contributed by atoms with E-state index in [-0.39, 0.29) is 0 Å². The van der Waals surface area contributed by atoms with Gasteiger partial charge in [-0.05, 0) is 30.0 Å². The van der Waals surface area contributed by atoms with Crippen molar-refractivity contribution in [2.24, 2.45) is 5.92 Å². The van der Waals surface area contributed by atoms with Gasteiger partial charge in [0.2, 0.25) is 0 Å². The third-order valence-electron chi connectivity index (χ3n) is 3.16. The van der Waals surface area contributed by atoms with E-state index in [1.807, 2.05) is 6.20 Å². The number of hydrogen-bond acceptors (Lipinski definition) is 2. The minimum atomic E-state index is -1.32. The van der Waals surface area contributed by atoms with Crippen LogP contribution < -0.4 is 10.5 Å². The summed E-state index contributed by atoms with van der Waals surface area (Å²) in [7, 11) is -1.32. The summed E-state index contributed by atoms with van der Waals surface area (Å²) in [6.45, 7) is 7.93. The topological polar surface area (TPSA) is 24.9 Å². The summed E-state index contributed by atoms with van der Waals surface area (Å²) in [6, 6.07) is 2.13. The first-order valence-corrected chi connectivity index (χ1v) is 9.71. The summed E-state index contributed by atoms with van der Waals surface area (Å²) in [6.07, 6.45) is 10.2. The molecule has 0 unspecified atom stereocenters. The molecule has 90 valence electrons. The smallest absolute Gasteiger partial charge is 0.141 e. The predicted molar refractivity (Wildman–Crippen MR) is 76.4 cm³/mol. The Bertz CT molecular complexity index is 450. The SMILES string of the molecule is C#Cc1cc([Si](C)(C)C)cnc1NCC1CC1. The molecule has 1 aliphatic carbocycles. The monoisotopic (exact) mass is 244 g/mol. The van der Waals surface area contributed by atoms with Crippen molar-refractivity contribution in [2.45, 2.75) is 32.5 Å². The van der Waals surface area contributed by atoms with Crippen molar-refractivity contribution in [2.75, 3.05) is 11.9 Å². The lowest BCUT2D eigenvalue weighted by atomic mass is 10.2. The summed E-state index contributed by atoms with van der Waals surface area (Å²) in [5, 5.41) is 4.69. The van der Waals surface area contributed by atoms with Crippen molar-refractivity contribution < 1.29 is 0 Å². The van der Waals surface area contributed by atoms with E-state index < -0.39 is 8.07 Å². The fourth-order valence-corrected chi connectivity index (χ4v) is 2.72. The highest BCUT2D eigenvalue weighted by atomic mass is 28.3. The standard InChI is InChI=1S/C14H20N2Si/c1-5-12-8-13(17(2,3)4)10-16-14(12)15-9-11-6-7-11/h1,8,10-11H,6-7,9H2,2-4H3,(H,15,16). The first-order valence-electron chi connectivity index (χ1n) is 6.21. The second kappa shape index (κ2) is 4.54. The van der Waals surface area contributed by atoms with Gasteiger partial charge in [0.05, 0.1) is 13.6 Å². The van der Waals surface area contributed by atoms with Crippen LogP contribution in [-0.2, 0) is 0 Å². The number of pyridine rings is 1. The highest BCUT2D eigenvalue weighted by Gasteiger charge is 2.22. The molecule has 1 fully saturated rings. The largest absolute Gasteiger partial charge is 0.369 e. The van der Waals surface area contributed by atoms with Crippen molar-refractivity contribution in [1.29, 1.82) is 0 Å². The third-order valence-corrected chi connectivity index (χ3v) is 5.17. The van der Waals surface area contributed by atoms with Crippen LogP contribution in [0.3, 0.4) is 0 Å². The molecule has 1 aliphatic rings. The van der Waals surface area contributed by atoms with Crippen LogP contribution >= 0.6 is 0 Å². The highest BCUT2D eigenvalue weighted by molar-refractivity contribution is 6.88. The van der Waals surface area contributed by atoms with Crippen molar-refractivity contribution in [3.63, 3.8) is 0 Å². The Labute approximate surface area is 105 Å². The Balaban J connectivity index is 2.19. The Morgan fingerprint density at radius 1 is 1.47 bits per heavy atom. The molecule has 3 heteroatoms. The maximum absolute atomic E-state index is 5.57. The van der Waals surface area contributed by atoms with Crippen molar-refractivity contribution in [3.05, 3.63) is 17.8 Å². The Morgan fingerprint density at radius 3 is 2.71 bits per heavy atom. The summed E-state index contributed by atoms with van der Waals surface area (Å²) in [4.78, 5) is 4.50. The van der Waals surface area contributed by atoms with E-state index in [1.54, 1.807) is 0 Å². The minimum Gasteiger partial charge on any atom is -0.369 e. The first-order chi connectivity index (χ1) is 8.00. The predicted octanol–water partition coefficient (Wildman–Crippen LogP) is 2.43. The number of anilines is 1. The molecule has 0 amide bonds. The van der Waals surface area contributed by atoms with Crippen LogP contribution in [0.25, 0.3) is 0 Å². The zero-order valence-electron chi connectivity index (χ0n) is 10.9. The lowest BCUT2D eigenvalue weighted by Gasteiger charge is -2.17. The molecule has 0 aromatic carbocycles. The maximum atomic E-state index is 5.57. The van der Waals surface area contributed by atoms with E-state index in [9.17, 15) is 0 Å². The van der Waals surface area contributed by atoms with E-state index in [1.165, 1.54) is 18.0 Å². The lowest BCUT2D eigenvalue weighted by molar-refractivity contribution is 0.882. The zero-order valence-corrected chi connectivity index (χ0v) is 11.9. The van der Waals surface area contributed by atoms with Gasteiger partial charge >= 0.3 is 0 Å². The Hall–Kier alpha value is -1.27. The molecule has 0 bridgehead atoms. The highest BCUT2D eigenvalue weighted by Crippen LogP contribution is 2.29. The second-order valence-corrected chi connectivity index (χ2v) is 10.9. The number of nitrogens with one attached hydrogen (secondary N) is 1. The van der Waals surface area contributed by atoms with Gasteiger partial charge in [-0.25, -0.2) is 4.98 Å². The van der Waals surface area contributed by atoms with Gasteiger partial charge in [-0.1, -0.05) is 25.6 Å². The summed E-state index contributed by atoms with van der Waals surface area (Å²) >= 11 is 0. The van der Waals surface area contributed by atoms with Crippen LogP contribution in [-0.4, -0.2) is 19.6 Å². The molecule has 17 heavy (non-hydrogen) atoms. The van der Waals surface area contributed by atoms with Gasteiger partial charge in [-0.3, -0.25) is 0 Å². The van der Waals surface area contributed by atoms with Crippen LogP contribution in [0.5, 0.6) is 0 Å². The molecule has 0 aliphatic heterocycles. The van der Waals surface area contributed by atoms with Crippen LogP contribution in [0.1, 0.15) is 18.4 Å². The Morgan fingerprint density at radius 2 is 2.18 bits per heavy atom. The van der Waals surface area contributed by atoms with Crippen molar-refractivity contribution in [1.82, 2.24) is 4.98 Å². The van der Waals surface area contributed by atoms with Gasteiger partial charge < -0.3 is 5.32 Å². The normalized spacial score (nSPS) is 15.4. The van der Waals surface area contributed by atoms with E-state index in [4.69, 9.17) is 6.42 Å². The molecule has 0 spiro atoms. The van der Waals surface area contributed by atoms with Gasteiger partial charge in [0.1, 0.15) is 5.82 Å². The summed E-state index contributed by atoms with van der Waals surface area (Å²) < 4.78 is 0. The molecule has 0 saturated heterocycles. The molecular formula is C14H20N2Si. The van der Waals surface area contributed by atoms with Crippen LogP contribution in [0.4, 0.5) is 5.82 Å². The Kier molecular flexibility index (Phi) is 3.25. The molecule has 1 aromatic rings. The number of terminal acetylenes is 1. The minimum absolute atomic E-state index is 0.832. The van der Waals surface area contributed by atoms with E-state index >= 15 is 0 Å². The van der Waals surface area contributed by atoms with Gasteiger partial charge in [-0.2, -0.15) is 0 Å². The van der Waals surface area contributed by atoms with Crippen molar-refractivity contribution in [3.8, 4) is 12.3 Å². The lowest BCUT2D eigenvalue weighted by Crippen LogP contribution is -2.38. The van der Waals surface area contributed by atoms with Gasteiger partial charge in [-0.15, -0.1) is 6.42 Å². The average molecular weight is 244 g/mol. The number of rotatable bonds is 4. The molecule has 2 nitrogen and oxygen atoms in total. The van der Waals surface area contributed by atoms with E-state index in [2.05, 4.69) is 41.9 Å². The summed E-state index contributed by atoms with van der Waals surface area (Å²) in [5.74, 6) is 4.46. The van der Waals surface area contributed by atoms with Crippen LogP contribution in [0, 0.1) is 18.3 Å². The molecular weight excluding hydrogens is 224 g/mol. The second-order valence-electron chi connectivity index (χ2n) is 5.84. The third kappa shape index (κ3) is 3.10. The fraction of sp³-hybridized carbons (Fsp3) is 0.500. The fourth-order valence-electron chi connectivity index (χ4n) is 1.69. The zero-order chi connectivity index (χ0) is 12.5. The van der Waals surface area contributed by atoms with Gasteiger partial charge in [0.15, 0.2) is 0 Å². The number of hydrogen-bond donors (Lipinski definition) is 1. The molecule has 0 radical (unpaired) electrons. The molecule has 1 heterocycles. The molecule has 2 rings (SSSR count). The maximum Gasteiger partial charge on any atom is 0.141 e. The number of nitrogens with zero attached hydrogens (tertiary/aromatic N) is 1. The van der Waals surface area contributed by atoms with E-state index in [0.29, 0.717) is 0 Å². The quantitative estimate of drug-likeness (QED) is 0.650. The van der Waals surface area contributed by atoms with Crippen LogP contribution in [0.15, 0.2) is 12.3 Å². The van der Waals surface area contributed by atoms with Gasteiger partial charge in [0, 0.05) is 12.7 Å². The van der Waals surface area contributed by atoms with E-state index in [0.717, 1.165) is 23.8 Å². The van der Waals surface area contributed by atoms with Gasteiger partial charge in [0.25, 0.3) is 0 Å². The van der Waals surface area contributed by atoms with Crippen molar-refractivity contribution >= 4 is 19.1 Å². The van der Waals surface area contributed by atoms with Crippen LogP contribution in [0.2, 0.25) is 19.6 Å². The molecule has 0 atom stereocenters. The molecule has 1 aromatic heterocycles. The molecule has 1 N–H and O–H groups in total.